The maximum atomic E-state index is 10.3. The Hall–Kier alpha value is -0.370. The van der Waals surface area contributed by atoms with Gasteiger partial charge < -0.3 is 9.53 Å². The van der Waals surface area contributed by atoms with Gasteiger partial charge in [0, 0.05) is 13.0 Å². The standard InChI is InChI=1S/C8H16O2/c1-6(2)8(10-4)7(3)5-9/h5-8H,1-4H3/t7-,8-/m1/s1. The maximum absolute atomic E-state index is 10.3. The monoisotopic (exact) mass is 144 g/mol. The minimum Gasteiger partial charge on any atom is -0.380 e. The molecule has 0 bridgehead atoms. The lowest BCUT2D eigenvalue weighted by Gasteiger charge is -2.21. The van der Waals surface area contributed by atoms with Gasteiger partial charge in [0.1, 0.15) is 6.29 Å². The highest BCUT2D eigenvalue weighted by molar-refractivity contribution is 5.53. The van der Waals surface area contributed by atoms with Crippen LogP contribution in [0.4, 0.5) is 0 Å². The van der Waals surface area contributed by atoms with E-state index >= 15 is 0 Å². The SMILES string of the molecule is CO[C@H](C(C)C)[C@H](C)C=O. The van der Waals surface area contributed by atoms with Gasteiger partial charge in [0.15, 0.2) is 0 Å². The molecule has 0 saturated heterocycles. The fourth-order valence-electron chi connectivity index (χ4n) is 1.17. The predicted molar refractivity (Wildman–Crippen MR) is 40.9 cm³/mol. The summed E-state index contributed by atoms with van der Waals surface area (Å²) in [5.41, 5.74) is 0. The van der Waals surface area contributed by atoms with Gasteiger partial charge in [-0.05, 0) is 5.92 Å². The van der Waals surface area contributed by atoms with Gasteiger partial charge in [-0.3, -0.25) is 0 Å². The number of ether oxygens (including phenoxy) is 1. The number of aldehydes is 1. The number of carbonyl (C=O) groups excluding carboxylic acids is 1. The Kier molecular flexibility index (Phi) is 4.28. The Morgan fingerprint density at radius 3 is 1.90 bits per heavy atom. The second-order valence-corrected chi connectivity index (χ2v) is 2.94. The third kappa shape index (κ3) is 2.48. The maximum Gasteiger partial charge on any atom is 0.125 e. The van der Waals surface area contributed by atoms with Crippen molar-refractivity contribution in [2.24, 2.45) is 11.8 Å². The van der Waals surface area contributed by atoms with Gasteiger partial charge in [-0.25, -0.2) is 0 Å². The Balaban J connectivity index is 3.92. The lowest BCUT2D eigenvalue weighted by molar-refractivity contribution is -0.115. The minimum absolute atomic E-state index is 0.00463. The zero-order valence-electron chi connectivity index (χ0n) is 7.13. The van der Waals surface area contributed by atoms with Crippen molar-refractivity contribution in [3.63, 3.8) is 0 Å². The Bertz CT molecular complexity index is 99.4. The van der Waals surface area contributed by atoms with Crippen molar-refractivity contribution in [3.8, 4) is 0 Å². The number of carbonyl (C=O) groups is 1. The van der Waals surface area contributed by atoms with Crippen molar-refractivity contribution in [1.29, 1.82) is 0 Å². The Morgan fingerprint density at radius 1 is 1.30 bits per heavy atom. The van der Waals surface area contributed by atoms with E-state index in [0.29, 0.717) is 5.92 Å². The van der Waals surface area contributed by atoms with E-state index in [-0.39, 0.29) is 12.0 Å². The predicted octanol–water partition coefficient (Wildman–Crippen LogP) is 1.49. The van der Waals surface area contributed by atoms with Crippen LogP contribution in [0.25, 0.3) is 0 Å². The van der Waals surface area contributed by atoms with Crippen molar-refractivity contribution in [2.45, 2.75) is 26.9 Å². The molecule has 0 heterocycles. The van der Waals surface area contributed by atoms with Crippen molar-refractivity contribution in [1.82, 2.24) is 0 Å². The number of hydrogen-bond donors (Lipinski definition) is 0. The van der Waals surface area contributed by atoms with E-state index in [9.17, 15) is 4.79 Å². The minimum atomic E-state index is 0.00463. The van der Waals surface area contributed by atoms with Gasteiger partial charge in [-0.1, -0.05) is 20.8 Å². The zero-order chi connectivity index (χ0) is 8.15. The van der Waals surface area contributed by atoms with Crippen LogP contribution in [0, 0.1) is 11.8 Å². The van der Waals surface area contributed by atoms with E-state index in [1.54, 1.807) is 7.11 Å². The summed E-state index contributed by atoms with van der Waals surface area (Å²) in [6, 6.07) is 0. The van der Waals surface area contributed by atoms with E-state index in [0.717, 1.165) is 6.29 Å². The molecule has 0 saturated carbocycles. The molecular weight excluding hydrogens is 128 g/mol. The normalized spacial score (nSPS) is 16.9. The highest BCUT2D eigenvalue weighted by Crippen LogP contribution is 2.13. The molecule has 0 spiro atoms. The molecule has 0 aromatic rings. The number of hydrogen-bond acceptors (Lipinski definition) is 2. The first-order valence-electron chi connectivity index (χ1n) is 3.61. The average molecular weight is 144 g/mol. The summed E-state index contributed by atoms with van der Waals surface area (Å²) in [5, 5.41) is 0. The molecule has 2 nitrogen and oxygen atoms in total. The molecule has 0 fully saturated rings. The molecule has 0 amide bonds. The molecule has 60 valence electrons. The average Bonchev–Trinajstić information content (AvgIpc) is 1.88. The number of rotatable bonds is 4. The van der Waals surface area contributed by atoms with Crippen LogP contribution in [0.5, 0.6) is 0 Å². The van der Waals surface area contributed by atoms with Gasteiger partial charge in [-0.2, -0.15) is 0 Å². The van der Waals surface area contributed by atoms with E-state index in [1.165, 1.54) is 0 Å². The summed E-state index contributed by atoms with van der Waals surface area (Å²) in [4.78, 5) is 10.3. The summed E-state index contributed by atoms with van der Waals surface area (Å²) >= 11 is 0. The van der Waals surface area contributed by atoms with E-state index in [4.69, 9.17) is 4.74 Å². The van der Waals surface area contributed by atoms with Crippen molar-refractivity contribution in [2.75, 3.05) is 7.11 Å². The quantitative estimate of drug-likeness (QED) is 0.559. The van der Waals surface area contributed by atoms with Crippen molar-refractivity contribution < 1.29 is 9.53 Å². The Morgan fingerprint density at radius 2 is 1.80 bits per heavy atom. The molecule has 0 radical (unpaired) electrons. The molecular formula is C8H16O2. The van der Waals surface area contributed by atoms with Crippen LogP contribution in [0.3, 0.4) is 0 Å². The van der Waals surface area contributed by atoms with Gasteiger partial charge in [0.2, 0.25) is 0 Å². The summed E-state index contributed by atoms with van der Waals surface area (Å²) in [6.07, 6.45) is 1.01. The molecule has 0 aliphatic rings. The highest BCUT2D eigenvalue weighted by atomic mass is 16.5. The van der Waals surface area contributed by atoms with Crippen LogP contribution in [-0.4, -0.2) is 19.5 Å². The molecule has 0 aliphatic heterocycles. The molecule has 0 aliphatic carbocycles. The highest BCUT2D eigenvalue weighted by Gasteiger charge is 2.18. The van der Waals surface area contributed by atoms with Crippen LogP contribution in [0.15, 0.2) is 0 Å². The summed E-state index contributed by atoms with van der Waals surface area (Å²) in [5.74, 6) is 0.412. The molecule has 2 heteroatoms. The van der Waals surface area contributed by atoms with Crippen LogP contribution in [0.1, 0.15) is 20.8 Å². The molecule has 2 atom stereocenters. The van der Waals surface area contributed by atoms with E-state index < -0.39 is 0 Å². The van der Waals surface area contributed by atoms with Gasteiger partial charge in [0.25, 0.3) is 0 Å². The van der Waals surface area contributed by atoms with Crippen LogP contribution < -0.4 is 0 Å². The molecule has 0 unspecified atom stereocenters. The van der Waals surface area contributed by atoms with E-state index in [1.807, 2.05) is 20.8 Å². The molecule has 0 rings (SSSR count). The Labute approximate surface area is 62.6 Å². The first-order valence-corrected chi connectivity index (χ1v) is 3.61. The third-order valence-corrected chi connectivity index (χ3v) is 1.66. The van der Waals surface area contributed by atoms with Crippen LogP contribution in [0.2, 0.25) is 0 Å². The molecule has 0 aromatic heterocycles. The largest absolute Gasteiger partial charge is 0.380 e. The second-order valence-electron chi connectivity index (χ2n) is 2.94. The number of methoxy groups -OCH3 is 1. The van der Waals surface area contributed by atoms with Gasteiger partial charge in [0.05, 0.1) is 6.10 Å². The molecule has 0 N–H and O–H groups in total. The zero-order valence-corrected chi connectivity index (χ0v) is 7.13. The van der Waals surface area contributed by atoms with Crippen LogP contribution in [-0.2, 0) is 9.53 Å². The van der Waals surface area contributed by atoms with Gasteiger partial charge >= 0.3 is 0 Å². The van der Waals surface area contributed by atoms with E-state index in [2.05, 4.69) is 0 Å². The first kappa shape index (κ1) is 9.63. The van der Waals surface area contributed by atoms with Crippen molar-refractivity contribution >= 4 is 6.29 Å². The lowest BCUT2D eigenvalue weighted by atomic mass is 9.96. The second kappa shape index (κ2) is 4.45. The summed E-state index contributed by atoms with van der Waals surface area (Å²) in [7, 11) is 1.64. The molecule has 0 aromatic carbocycles. The first-order chi connectivity index (χ1) is 4.63. The fourth-order valence-corrected chi connectivity index (χ4v) is 1.17. The van der Waals surface area contributed by atoms with Crippen molar-refractivity contribution in [3.05, 3.63) is 0 Å². The summed E-state index contributed by atoms with van der Waals surface area (Å²) < 4.78 is 5.13. The topological polar surface area (TPSA) is 26.3 Å². The third-order valence-electron chi connectivity index (χ3n) is 1.66. The fraction of sp³-hybridized carbons (Fsp3) is 0.875. The summed E-state index contributed by atoms with van der Waals surface area (Å²) in [6.45, 7) is 5.98. The smallest absolute Gasteiger partial charge is 0.125 e. The lowest BCUT2D eigenvalue weighted by Crippen LogP contribution is -2.26. The van der Waals surface area contributed by atoms with Gasteiger partial charge in [-0.15, -0.1) is 0 Å². The molecule has 10 heavy (non-hydrogen) atoms. The van der Waals surface area contributed by atoms with Crippen LogP contribution >= 0.6 is 0 Å².